The van der Waals surface area contributed by atoms with E-state index in [1.807, 2.05) is 30.9 Å². The third kappa shape index (κ3) is 7.15. The van der Waals surface area contributed by atoms with E-state index >= 15 is 0 Å². The van der Waals surface area contributed by atoms with E-state index in [1.54, 1.807) is 31.6 Å². The van der Waals surface area contributed by atoms with E-state index in [-0.39, 0.29) is 28.4 Å². The summed E-state index contributed by atoms with van der Waals surface area (Å²) in [6.07, 6.45) is 10.7. The minimum Gasteiger partial charge on any atom is -0.507 e. The molecular weight excluding hydrogens is 594 g/mol. The number of nitrogens with one attached hydrogen (secondary N) is 2. The van der Waals surface area contributed by atoms with E-state index < -0.39 is 0 Å². The van der Waals surface area contributed by atoms with E-state index in [2.05, 4.69) is 39.0 Å². The molecule has 0 amide bonds. The lowest BCUT2D eigenvalue weighted by Gasteiger charge is -2.28. The smallest absolute Gasteiger partial charge is 0.229 e. The summed E-state index contributed by atoms with van der Waals surface area (Å²) in [4.78, 5) is 41.3. The van der Waals surface area contributed by atoms with Crippen LogP contribution in [0.2, 0.25) is 0 Å². The van der Waals surface area contributed by atoms with E-state index in [0.29, 0.717) is 53.0 Å². The molecule has 2 fully saturated rings. The van der Waals surface area contributed by atoms with Gasteiger partial charge in [-0.1, -0.05) is 47.0 Å². The summed E-state index contributed by atoms with van der Waals surface area (Å²) in [5.41, 5.74) is 3.36. The van der Waals surface area contributed by atoms with Crippen LogP contribution >= 0.6 is 0 Å². The van der Waals surface area contributed by atoms with Crippen LogP contribution in [0.3, 0.4) is 0 Å². The van der Waals surface area contributed by atoms with Gasteiger partial charge in [0, 0.05) is 74.1 Å². The number of benzene rings is 1. The molecule has 1 saturated heterocycles. The van der Waals surface area contributed by atoms with Crippen molar-refractivity contribution in [1.82, 2.24) is 24.8 Å². The summed E-state index contributed by atoms with van der Waals surface area (Å²) in [6.45, 7) is 12.9. The highest BCUT2D eigenvalue weighted by Crippen LogP contribution is 2.36. The van der Waals surface area contributed by atoms with Gasteiger partial charge in [-0.05, 0) is 37.1 Å². The Morgan fingerprint density at radius 3 is 2.49 bits per heavy atom. The number of carbonyl (C=O) groups excluding carboxylic acids is 1. The van der Waals surface area contributed by atoms with Gasteiger partial charge in [0.2, 0.25) is 5.95 Å². The van der Waals surface area contributed by atoms with Gasteiger partial charge in [0.1, 0.15) is 16.8 Å². The van der Waals surface area contributed by atoms with Gasteiger partial charge >= 0.3 is 0 Å². The molecule has 1 aromatic carbocycles. The molecule has 0 spiro atoms. The Labute approximate surface area is 275 Å². The third-order valence-corrected chi connectivity index (χ3v) is 8.20. The summed E-state index contributed by atoms with van der Waals surface area (Å²) in [7, 11) is 0. The first kappa shape index (κ1) is 33.6. The summed E-state index contributed by atoms with van der Waals surface area (Å²) in [5.74, 6) is 0.740. The number of hydrogen-bond acceptors (Lipinski definition) is 10. The molecular formula is C36H45N7O4. The first-order valence-electron chi connectivity index (χ1n) is 16.7. The molecule has 47 heavy (non-hydrogen) atoms. The molecule has 7 rings (SSSR count). The lowest BCUT2D eigenvalue weighted by atomic mass is 10.0. The number of fused-ring (bicyclic) bond motifs is 2. The zero-order chi connectivity index (χ0) is 33.5. The number of Topliss-reactive ketones (excluding diaryl/α,β-unsaturated/α-hetero) is 1. The highest BCUT2D eigenvalue weighted by atomic mass is 16.4. The summed E-state index contributed by atoms with van der Waals surface area (Å²) < 4.78 is 8.35. The number of phenols is 1. The average molecular weight is 640 g/mol. The molecule has 2 aliphatic rings. The van der Waals surface area contributed by atoms with Gasteiger partial charge < -0.3 is 29.6 Å². The van der Waals surface area contributed by atoms with Crippen molar-refractivity contribution in [1.29, 1.82) is 0 Å². The predicted molar refractivity (Wildman–Crippen MR) is 188 cm³/mol. The van der Waals surface area contributed by atoms with Gasteiger partial charge in [-0.2, -0.15) is 4.98 Å². The molecule has 248 valence electrons. The molecule has 5 aromatic rings. The molecule has 1 saturated carbocycles. The fraction of sp³-hybridized carbons (Fsp3) is 0.417. The van der Waals surface area contributed by atoms with Crippen LogP contribution in [-0.2, 0) is 0 Å². The second kappa shape index (κ2) is 15.2. The Morgan fingerprint density at radius 2 is 1.79 bits per heavy atom. The number of hydrogen-bond donors (Lipinski definition) is 3. The number of rotatable bonds is 6. The van der Waals surface area contributed by atoms with Crippen molar-refractivity contribution in [2.75, 3.05) is 36.4 Å². The quantitative estimate of drug-likeness (QED) is 0.163. The molecule has 4 aromatic heterocycles. The van der Waals surface area contributed by atoms with Crippen molar-refractivity contribution < 1.29 is 14.3 Å². The Hall–Kier alpha value is -4.77. The number of phenolic OH excluding ortho intramolecular Hbond substituents is 1. The van der Waals surface area contributed by atoms with E-state index in [9.17, 15) is 14.7 Å². The minimum atomic E-state index is -0.303. The average Bonchev–Trinajstić information content (AvgIpc) is 3.75. The number of ketones is 1. The van der Waals surface area contributed by atoms with Gasteiger partial charge in [-0.25, -0.2) is 4.98 Å². The standard InChI is InChI=1S/C31H31N7O4.C3H8.C2H6/c1-18(39)24-13-20-16-34-31(36-30(20)38(24)22-4-2-3-5-22)35-21-12-19(15-33-17-21)23-6-7-25(40)28-26(41)14-27(42-29(23)28)37-10-8-32-9-11-37;1-3-2;1-2/h6-7,12-17,22,32,40H,2-5,8-11H2,1H3,(H,34,35,36);3H2,1-2H3;1-2H3. The van der Waals surface area contributed by atoms with Crippen LogP contribution in [0, 0.1) is 0 Å². The minimum absolute atomic E-state index is 0.0131. The molecule has 0 radical (unpaired) electrons. The predicted octanol–water partition coefficient (Wildman–Crippen LogP) is 7.22. The Morgan fingerprint density at radius 1 is 1.06 bits per heavy atom. The lowest BCUT2D eigenvalue weighted by molar-refractivity contribution is 0.100. The topological polar surface area (TPSA) is 138 Å². The van der Waals surface area contributed by atoms with Crippen LogP contribution in [-0.4, -0.2) is 56.6 Å². The van der Waals surface area contributed by atoms with Crippen molar-refractivity contribution in [2.24, 2.45) is 0 Å². The lowest BCUT2D eigenvalue weighted by Crippen LogP contribution is -2.43. The van der Waals surface area contributed by atoms with E-state index in [1.165, 1.54) is 18.6 Å². The van der Waals surface area contributed by atoms with Crippen LogP contribution in [0.15, 0.2) is 58.1 Å². The Balaban J connectivity index is 0.000000822. The maximum atomic E-state index is 13.1. The second-order valence-corrected chi connectivity index (χ2v) is 11.7. The second-order valence-electron chi connectivity index (χ2n) is 11.7. The monoisotopic (exact) mass is 639 g/mol. The molecule has 1 aliphatic carbocycles. The van der Waals surface area contributed by atoms with Crippen LogP contribution < -0.4 is 21.0 Å². The molecule has 3 N–H and O–H groups in total. The summed E-state index contributed by atoms with van der Waals surface area (Å²) >= 11 is 0. The first-order chi connectivity index (χ1) is 22.9. The maximum Gasteiger partial charge on any atom is 0.229 e. The van der Waals surface area contributed by atoms with Gasteiger partial charge in [0.25, 0.3) is 0 Å². The number of aromatic nitrogens is 4. The van der Waals surface area contributed by atoms with Gasteiger partial charge in [0.05, 0.1) is 17.6 Å². The normalized spacial score (nSPS) is 14.8. The molecule has 0 bridgehead atoms. The van der Waals surface area contributed by atoms with Crippen molar-refractivity contribution >= 4 is 45.3 Å². The number of piperazine rings is 1. The van der Waals surface area contributed by atoms with Gasteiger partial charge in [-0.15, -0.1) is 0 Å². The zero-order valence-electron chi connectivity index (χ0n) is 28.0. The zero-order valence-corrected chi connectivity index (χ0v) is 28.0. The summed E-state index contributed by atoms with van der Waals surface area (Å²) in [5, 5.41) is 18.1. The van der Waals surface area contributed by atoms with E-state index in [0.717, 1.165) is 49.8 Å². The molecule has 5 heterocycles. The number of nitrogens with zero attached hydrogens (tertiary/aromatic N) is 5. The van der Waals surface area contributed by atoms with Crippen molar-refractivity contribution in [3.63, 3.8) is 0 Å². The van der Waals surface area contributed by atoms with Crippen LogP contribution in [0.25, 0.3) is 33.1 Å². The molecule has 1 aliphatic heterocycles. The van der Waals surface area contributed by atoms with Crippen LogP contribution in [0.4, 0.5) is 17.5 Å². The molecule has 0 atom stereocenters. The highest BCUT2D eigenvalue weighted by molar-refractivity contribution is 5.98. The van der Waals surface area contributed by atoms with Gasteiger partial charge in [0.15, 0.2) is 22.7 Å². The molecule has 0 unspecified atom stereocenters. The largest absolute Gasteiger partial charge is 0.507 e. The number of anilines is 3. The van der Waals surface area contributed by atoms with E-state index in [4.69, 9.17) is 9.40 Å². The van der Waals surface area contributed by atoms with Crippen molar-refractivity contribution in [2.45, 2.75) is 72.8 Å². The highest BCUT2D eigenvalue weighted by Gasteiger charge is 2.25. The van der Waals surface area contributed by atoms with Crippen molar-refractivity contribution in [3.8, 4) is 16.9 Å². The number of pyridine rings is 1. The Kier molecular flexibility index (Phi) is 10.9. The third-order valence-electron chi connectivity index (χ3n) is 8.20. The van der Waals surface area contributed by atoms with Crippen molar-refractivity contribution in [3.05, 3.63) is 64.8 Å². The molecule has 11 nitrogen and oxygen atoms in total. The number of aromatic hydroxyl groups is 1. The molecule has 11 heteroatoms. The maximum absolute atomic E-state index is 13.1. The SMILES string of the molecule is CC.CC(=O)c1cc2cnc(Nc3cncc(-c4ccc(O)c5c(=O)cc(N6CCNCC6)oc45)c3)nc2n1C1CCCC1.CCC. The Bertz CT molecular complexity index is 1900. The fourth-order valence-corrected chi connectivity index (χ4v) is 6.16. The first-order valence-corrected chi connectivity index (χ1v) is 16.7. The van der Waals surface area contributed by atoms with Gasteiger partial charge in [-0.3, -0.25) is 14.6 Å². The van der Waals surface area contributed by atoms with Crippen LogP contribution in [0.1, 0.15) is 83.3 Å². The number of carbonyl (C=O) groups is 1. The van der Waals surface area contributed by atoms with Crippen LogP contribution in [0.5, 0.6) is 5.75 Å². The summed E-state index contributed by atoms with van der Waals surface area (Å²) in [6, 6.07) is 8.67. The fourth-order valence-electron chi connectivity index (χ4n) is 6.16.